The van der Waals surface area contributed by atoms with Crippen LogP contribution in [0.5, 0.6) is 0 Å². The number of ketones is 2. The number of carbonyl (C=O) groups excluding carboxylic acids is 3. The number of ether oxygens (including phenoxy) is 1. The lowest BCUT2D eigenvalue weighted by molar-refractivity contribution is -0.137. The minimum Gasteiger partial charge on any atom is -0.445 e. The van der Waals surface area contributed by atoms with E-state index in [4.69, 9.17) is 4.74 Å². The molecule has 0 aromatic heterocycles. The van der Waals surface area contributed by atoms with Crippen molar-refractivity contribution in [2.45, 2.75) is 26.9 Å². The molecule has 1 saturated heterocycles. The van der Waals surface area contributed by atoms with Gasteiger partial charge in [0.2, 0.25) is 0 Å². The average Bonchev–Trinajstić information content (AvgIpc) is 2.53. The molecule has 1 aliphatic heterocycles. The molecule has 1 unspecified atom stereocenters. The van der Waals surface area contributed by atoms with Crippen LogP contribution in [0.1, 0.15) is 25.8 Å². The molecule has 118 valence electrons. The maximum atomic E-state index is 12.1. The fraction of sp³-hybridized carbons (Fsp3) is 0.471. The molecule has 5 heteroatoms. The molecule has 1 amide bonds. The van der Waals surface area contributed by atoms with Crippen molar-refractivity contribution in [3.05, 3.63) is 35.9 Å². The minimum atomic E-state index is -0.710. The highest BCUT2D eigenvalue weighted by atomic mass is 16.6. The topological polar surface area (TPSA) is 63.7 Å². The van der Waals surface area contributed by atoms with Crippen molar-refractivity contribution in [2.24, 2.45) is 11.8 Å². The van der Waals surface area contributed by atoms with Gasteiger partial charge in [0.1, 0.15) is 18.2 Å². The zero-order valence-electron chi connectivity index (χ0n) is 13.0. The normalized spacial score (nSPS) is 18.4. The molecular weight excluding hydrogens is 282 g/mol. The van der Waals surface area contributed by atoms with Crippen LogP contribution in [0.15, 0.2) is 30.3 Å². The fourth-order valence-corrected chi connectivity index (χ4v) is 2.46. The van der Waals surface area contributed by atoms with Crippen molar-refractivity contribution < 1.29 is 19.1 Å². The standard InChI is InChI=1S/C17H21NO4/c1-12(2)16(20)14-10-18(9-8-15(14)19)17(21)22-11-13-6-4-3-5-7-13/h3-7,12,14H,8-11H2,1-2H3. The second-order valence-electron chi connectivity index (χ2n) is 5.81. The lowest BCUT2D eigenvalue weighted by Gasteiger charge is -2.31. The predicted octanol–water partition coefficient (Wildman–Crippen LogP) is 2.44. The van der Waals surface area contributed by atoms with E-state index in [1.807, 2.05) is 30.3 Å². The van der Waals surface area contributed by atoms with Crippen LogP contribution in [0.4, 0.5) is 4.79 Å². The smallest absolute Gasteiger partial charge is 0.410 e. The highest BCUT2D eigenvalue weighted by Crippen LogP contribution is 2.18. The summed E-state index contributed by atoms with van der Waals surface area (Å²) < 4.78 is 5.26. The molecule has 0 saturated carbocycles. The summed E-state index contributed by atoms with van der Waals surface area (Å²) in [6, 6.07) is 9.39. The molecule has 1 aromatic rings. The Bertz CT molecular complexity index is 553. The Hall–Kier alpha value is -2.17. The summed E-state index contributed by atoms with van der Waals surface area (Å²) in [5.41, 5.74) is 0.902. The van der Waals surface area contributed by atoms with Crippen molar-refractivity contribution in [1.82, 2.24) is 4.90 Å². The molecule has 0 spiro atoms. The van der Waals surface area contributed by atoms with E-state index in [9.17, 15) is 14.4 Å². The van der Waals surface area contributed by atoms with Crippen LogP contribution >= 0.6 is 0 Å². The molecule has 1 aromatic carbocycles. The first kappa shape index (κ1) is 16.2. The van der Waals surface area contributed by atoms with Gasteiger partial charge in [-0.25, -0.2) is 4.79 Å². The fourth-order valence-electron chi connectivity index (χ4n) is 2.46. The van der Waals surface area contributed by atoms with E-state index in [0.29, 0.717) is 6.54 Å². The van der Waals surface area contributed by atoms with Crippen molar-refractivity contribution >= 4 is 17.7 Å². The second-order valence-corrected chi connectivity index (χ2v) is 5.81. The highest BCUT2D eigenvalue weighted by molar-refractivity contribution is 6.04. The summed E-state index contributed by atoms with van der Waals surface area (Å²) in [6.45, 7) is 4.16. The monoisotopic (exact) mass is 303 g/mol. The van der Waals surface area contributed by atoms with Crippen LogP contribution in [0.3, 0.4) is 0 Å². The first-order chi connectivity index (χ1) is 10.5. The Balaban J connectivity index is 1.93. The Labute approximate surface area is 130 Å². The number of benzene rings is 1. The number of rotatable bonds is 4. The molecular formula is C17H21NO4. The van der Waals surface area contributed by atoms with E-state index in [-0.39, 0.29) is 37.1 Å². The SMILES string of the molecule is CC(C)C(=O)C1CN(C(=O)OCc2ccccc2)CCC1=O. The van der Waals surface area contributed by atoms with Crippen molar-refractivity contribution in [1.29, 1.82) is 0 Å². The van der Waals surface area contributed by atoms with Gasteiger partial charge < -0.3 is 9.64 Å². The zero-order chi connectivity index (χ0) is 16.1. The van der Waals surface area contributed by atoms with Gasteiger partial charge >= 0.3 is 6.09 Å². The van der Waals surface area contributed by atoms with Crippen molar-refractivity contribution in [3.63, 3.8) is 0 Å². The third-order valence-electron chi connectivity index (χ3n) is 3.80. The van der Waals surface area contributed by atoms with Gasteiger partial charge in [-0.3, -0.25) is 9.59 Å². The van der Waals surface area contributed by atoms with E-state index in [2.05, 4.69) is 0 Å². The summed E-state index contributed by atoms with van der Waals surface area (Å²) in [6.07, 6.45) is -0.262. The summed E-state index contributed by atoms with van der Waals surface area (Å²) >= 11 is 0. The molecule has 0 bridgehead atoms. The number of hydrogen-bond donors (Lipinski definition) is 0. The Morgan fingerprint density at radius 2 is 1.95 bits per heavy atom. The number of hydrogen-bond acceptors (Lipinski definition) is 4. The maximum Gasteiger partial charge on any atom is 0.410 e. The lowest BCUT2D eigenvalue weighted by atomic mass is 9.87. The molecule has 0 N–H and O–H groups in total. The third kappa shape index (κ3) is 3.93. The Kier molecular flexibility index (Phi) is 5.31. The molecule has 0 radical (unpaired) electrons. The molecule has 0 aliphatic carbocycles. The predicted molar refractivity (Wildman–Crippen MR) is 81.2 cm³/mol. The average molecular weight is 303 g/mol. The summed E-state index contributed by atoms with van der Waals surface area (Å²) in [5.74, 6) is -1.11. The lowest BCUT2D eigenvalue weighted by Crippen LogP contribution is -2.47. The van der Waals surface area contributed by atoms with Gasteiger partial charge in [-0.15, -0.1) is 0 Å². The number of Topliss-reactive ketones (excluding diaryl/α,β-unsaturated/α-hetero) is 2. The molecule has 1 heterocycles. The summed E-state index contributed by atoms with van der Waals surface area (Å²) in [7, 11) is 0. The van der Waals surface area contributed by atoms with Gasteiger partial charge in [0, 0.05) is 25.4 Å². The van der Waals surface area contributed by atoms with Crippen molar-refractivity contribution in [2.75, 3.05) is 13.1 Å². The van der Waals surface area contributed by atoms with Crippen LogP contribution in [0, 0.1) is 11.8 Å². The van der Waals surface area contributed by atoms with Gasteiger partial charge in [0.05, 0.1) is 5.92 Å². The highest BCUT2D eigenvalue weighted by Gasteiger charge is 2.35. The Morgan fingerprint density at radius 3 is 2.59 bits per heavy atom. The number of piperidine rings is 1. The first-order valence-corrected chi connectivity index (χ1v) is 7.51. The van der Waals surface area contributed by atoms with Gasteiger partial charge in [0.15, 0.2) is 0 Å². The van der Waals surface area contributed by atoms with E-state index >= 15 is 0 Å². The Morgan fingerprint density at radius 1 is 1.27 bits per heavy atom. The van der Waals surface area contributed by atoms with E-state index in [1.165, 1.54) is 4.90 Å². The number of carbonyl (C=O) groups is 3. The zero-order valence-corrected chi connectivity index (χ0v) is 13.0. The third-order valence-corrected chi connectivity index (χ3v) is 3.80. The maximum absolute atomic E-state index is 12.1. The van der Waals surface area contributed by atoms with Gasteiger partial charge in [-0.05, 0) is 5.56 Å². The van der Waals surface area contributed by atoms with Crippen LogP contribution in [0.2, 0.25) is 0 Å². The van der Waals surface area contributed by atoms with E-state index in [1.54, 1.807) is 13.8 Å². The first-order valence-electron chi connectivity index (χ1n) is 7.51. The summed E-state index contributed by atoms with van der Waals surface area (Å²) in [5, 5.41) is 0. The number of likely N-dealkylation sites (tertiary alicyclic amines) is 1. The van der Waals surface area contributed by atoms with Gasteiger partial charge in [-0.2, -0.15) is 0 Å². The number of amides is 1. The van der Waals surface area contributed by atoms with Crippen LogP contribution < -0.4 is 0 Å². The van der Waals surface area contributed by atoms with Crippen LogP contribution in [-0.4, -0.2) is 35.6 Å². The van der Waals surface area contributed by atoms with E-state index in [0.717, 1.165) is 5.56 Å². The van der Waals surface area contributed by atoms with Crippen LogP contribution in [-0.2, 0) is 20.9 Å². The molecule has 22 heavy (non-hydrogen) atoms. The molecule has 5 nitrogen and oxygen atoms in total. The van der Waals surface area contributed by atoms with Gasteiger partial charge in [0.25, 0.3) is 0 Å². The quantitative estimate of drug-likeness (QED) is 0.801. The van der Waals surface area contributed by atoms with Crippen LogP contribution in [0.25, 0.3) is 0 Å². The summed E-state index contributed by atoms with van der Waals surface area (Å²) in [4.78, 5) is 37.5. The van der Waals surface area contributed by atoms with Gasteiger partial charge in [-0.1, -0.05) is 44.2 Å². The van der Waals surface area contributed by atoms with E-state index < -0.39 is 12.0 Å². The molecule has 1 atom stereocenters. The molecule has 1 fully saturated rings. The van der Waals surface area contributed by atoms with Crippen molar-refractivity contribution in [3.8, 4) is 0 Å². The second kappa shape index (κ2) is 7.20. The molecule has 2 rings (SSSR count). The number of nitrogens with zero attached hydrogens (tertiary/aromatic N) is 1. The molecule has 1 aliphatic rings. The largest absolute Gasteiger partial charge is 0.445 e. The minimum absolute atomic E-state index is 0.0780.